The average molecular weight is 390 g/mol. The van der Waals surface area contributed by atoms with Gasteiger partial charge in [-0.3, -0.25) is 4.90 Å². The van der Waals surface area contributed by atoms with E-state index in [-0.39, 0.29) is 0 Å². The van der Waals surface area contributed by atoms with Gasteiger partial charge in [0.1, 0.15) is 5.01 Å². The third-order valence-electron chi connectivity index (χ3n) is 4.55. The number of thiazole rings is 1. The second kappa shape index (κ2) is 7.01. The first kappa shape index (κ1) is 18.1. The van der Waals surface area contributed by atoms with Gasteiger partial charge in [-0.05, 0) is 6.92 Å². The number of rotatable bonds is 3. The number of hydrogen-bond donors (Lipinski definition) is 0. The Hall–Kier alpha value is -2.32. The summed E-state index contributed by atoms with van der Waals surface area (Å²) in [6, 6.07) is 10.0. The lowest BCUT2D eigenvalue weighted by molar-refractivity contribution is -0.145. The third kappa shape index (κ3) is 3.86. The molecule has 0 radical (unpaired) electrons. The van der Waals surface area contributed by atoms with E-state index in [2.05, 4.69) is 19.9 Å². The monoisotopic (exact) mass is 390 g/mol. The van der Waals surface area contributed by atoms with Gasteiger partial charge in [0.2, 0.25) is 5.82 Å². The number of benzene rings is 1. The summed E-state index contributed by atoms with van der Waals surface area (Å²) in [5, 5.41) is 0.985. The number of halogens is 3. The van der Waals surface area contributed by atoms with Crippen LogP contribution in [0.2, 0.25) is 0 Å². The van der Waals surface area contributed by atoms with Gasteiger partial charge < -0.3 is 0 Å². The normalized spacial score (nSPS) is 15.0. The predicted octanol–water partition coefficient (Wildman–Crippen LogP) is 4.49. The van der Waals surface area contributed by atoms with Gasteiger partial charge in [0, 0.05) is 48.3 Å². The maximum Gasteiger partial charge on any atom is 0.451 e. The van der Waals surface area contributed by atoms with Crippen LogP contribution in [0.3, 0.4) is 0 Å². The van der Waals surface area contributed by atoms with Gasteiger partial charge >= 0.3 is 6.18 Å². The molecule has 4 rings (SSSR count). The Morgan fingerprint density at radius 3 is 2.67 bits per heavy atom. The zero-order chi connectivity index (χ0) is 19.0. The second-order valence-electron chi connectivity index (χ2n) is 6.52. The molecule has 3 aromatic rings. The number of nitrogens with zero attached hydrogens (tertiary/aromatic N) is 4. The predicted molar refractivity (Wildman–Crippen MR) is 97.1 cm³/mol. The van der Waals surface area contributed by atoms with Crippen LogP contribution >= 0.6 is 11.3 Å². The van der Waals surface area contributed by atoms with E-state index in [1.165, 1.54) is 11.1 Å². The van der Waals surface area contributed by atoms with Crippen LogP contribution < -0.4 is 0 Å². The van der Waals surface area contributed by atoms with E-state index < -0.39 is 12.0 Å². The van der Waals surface area contributed by atoms with Crippen LogP contribution in [0.25, 0.3) is 10.6 Å². The van der Waals surface area contributed by atoms with Gasteiger partial charge in [0.05, 0.1) is 11.4 Å². The van der Waals surface area contributed by atoms with Crippen LogP contribution in [0, 0.1) is 6.92 Å². The van der Waals surface area contributed by atoms with E-state index in [0.717, 1.165) is 28.4 Å². The van der Waals surface area contributed by atoms with Gasteiger partial charge in [-0.2, -0.15) is 13.2 Å². The number of aromatic nitrogens is 3. The Labute approximate surface area is 158 Å². The molecule has 0 bridgehead atoms. The van der Waals surface area contributed by atoms with Crippen LogP contribution in [0.4, 0.5) is 13.2 Å². The second-order valence-corrected chi connectivity index (χ2v) is 7.60. The van der Waals surface area contributed by atoms with Gasteiger partial charge in [-0.1, -0.05) is 30.3 Å². The molecule has 0 amide bonds. The summed E-state index contributed by atoms with van der Waals surface area (Å²) < 4.78 is 38.3. The van der Waals surface area contributed by atoms with Crippen molar-refractivity contribution in [2.24, 2.45) is 0 Å². The van der Waals surface area contributed by atoms with Crippen molar-refractivity contribution < 1.29 is 13.2 Å². The zero-order valence-corrected chi connectivity index (χ0v) is 15.4. The quantitative estimate of drug-likeness (QED) is 0.661. The maximum atomic E-state index is 12.8. The van der Waals surface area contributed by atoms with Crippen molar-refractivity contribution in [3.63, 3.8) is 0 Å². The molecule has 1 aliphatic heterocycles. The van der Waals surface area contributed by atoms with Crippen molar-refractivity contribution in [1.29, 1.82) is 0 Å². The zero-order valence-electron chi connectivity index (χ0n) is 14.6. The van der Waals surface area contributed by atoms with Crippen molar-refractivity contribution in [2.75, 3.05) is 6.54 Å². The molecule has 0 N–H and O–H groups in total. The summed E-state index contributed by atoms with van der Waals surface area (Å²) >= 11 is 1.66. The van der Waals surface area contributed by atoms with E-state index >= 15 is 0 Å². The fraction of sp³-hybridized carbons (Fsp3) is 0.316. The highest BCUT2D eigenvalue weighted by Gasteiger charge is 2.35. The topological polar surface area (TPSA) is 41.9 Å². The smallest absolute Gasteiger partial charge is 0.293 e. The highest BCUT2D eigenvalue weighted by Crippen LogP contribution is 2.31. The minimum atomic E-state index is -4.50. The Kier molecular flexibility index (Phi) is 4.69. The largest absolute Gasteiger partial charge is 0.451 e. The van der Waals surface area contributed by atoms with Crippen molar-refractivity contribution >= 4 is 11.3 Å². The molecule has 0 unspecified atom stereocenters. The van der Waals surface area contributed by atoms with Gasteiger partial charge in [-0.25, -0.2) is 15.0 Å². The van der Waals surface area contributed by atoms with Crippen molar-refractivity contribution in [3.05, 3.63) is 64.2 Å². The lowest BCUT2D eigenvalue weighted by Crippen LogP contribution is -2.31. The molecule has 1 aromatic carbocycles. The highest BCUT2D eigenvalue weighted by atomic mass is 32.1. The number of aryl methyl sites for hydroxylation is 1. The van der Waals surface area contributed by atoms with Gasteiger partial charge in [0.25, 0.3) is 0 Å². The van der Waals surface area contributed by atoms with E-state index in [9.17, 15) is 13.2 Å². The van der Waals surface area contributed by atoms with E-state index in [0.29, 0.717) is 25.2 Å². The van der Waals surface area contributed by atoms with E-state index in [1.54, 1.807) is 11.3 Å². The molecule has 1 aliphatic rings. The molecule has 0 atom stereocenters. The Morgan fingerprint density at radius 2 is 1.93 bits per heavy atom. The lowest BCUT2D eigenvalue weighted by Gasteiger charge is -2.27. The number of alkyl halides is 3. The summed E-state index contributed by atoms with van der Waals surface area (Å²) in [6.07, 6.45) is -2.70. The van der Waals surface area contributed by atoms with Crippen LogP contribution in [0.5, 0.6) is 0 Å². The minimum Gasteiger partial charge on any atom is -0.293 e. The van der Waals surface area contributed by atoms with Crippen LogP contribution in [0.15, 0.2) is 36.5 Å². The van der Waals surface area contributed by atoms with Gasteiger partial charge in [-0.15, -0.1) is 11.3 Å². The van der Waals surface area contributed by atoms with Crippen LogP contribution in [0.1, 0.15) is 27.7 Å². The average Bonchev–Trinajstić information content (AvgIpc) is 3.02. The number of fused-ring (bicyclic) bond motifs is 1. The van der Waals surface area contributed by atoms with Crippen LogP contribution in [-0.2, 0) is 25.7 Å². The SMILES string of the molecule is Cc1nc(-c2ccccc2)sc1CN1CCc2nc(C(F)(F)F)ncc2C1. The van der Waals surface area contributed by atoms with Gasteiger partial charge in [0.15, 0.2) is 0 Å². The van der Waals surface area contributed by atoms with E-state index in [1.807, 2.05) is 37.3 Å². The molecular formula is C19H17F3N4S. The Balaban J connectivity index is 1.50. The molecule has 0 aliphatic carbocycles. The minimum absolute atomic E-state index is 0.490. The summed E-state index contributed by atoms with van der Waals surface area (Å²) in [6.45, 7) is 3.93. The Bertz CT molecular complexity index is 953. The molecule has 0 saturated carbocycles. The summed E-state index contributed by atoms with van der Waals surface area (Å²) in [7, 11) is 0. The first-order valence-corrected chi connectivity index (χ1v) is 9.38. The maximum absolute atomic E-state index is 12.8. The molecular weight excluding hydrogens is 373 g/mol. The molecule has 0 saturated heterocycles. The van der Waals surface area contributed by atoms with Crippen molar-refractivity contribution in [2.45, 2.75) is 32.6 Å². The molecule has 0 spiro atoms. The third-order valence-corrected chi connectivity index (χ3v) is 5.74. The first-order chi connectivity index (χ1) is 12.9. The summed E-state index contributed by atoms with van der Waals surface area (Å²) in [4.78, 5) is 15.3. The first-order valence-electron chi connectivity index (χ1n) is 8.56. The molecule has 3 heterocycles. The number of hydrogen-bond acceptors (Lipinski definition) is 5. The molecule has 27 heavy (non-hydrogen) atoms. The highest BCUT2D eigenvalue weighted by molar-refractivity contribution is 7.15. The Morgan fingerprint density at radius 1 is 1.15 bits per heavy atom. The van der Waals surface area contributed by atoms with Crippen LogP contribution in [-0.4, -0.2) is 26.4 Å². The van der Waals surface area contributed by atoms with E-state index in [4.69, 9.17) is 0 Å². The fourth-order valence-corrected chi connectivity index (χ4v) is 4.24. The van der Waals surface area contributed by atoms with Crippen molar-refractivity contribution in [3.8, 4) is 10.6 Å². The molecule has 8 heteroatoms. The summed E-state index contributed by atoms with van der Waals surface area (Å²) in [5.74, 6) is -1.06. The lowest BCUT2D eigenvalue weighted by atomic mass is 10.1. The molecule has 0 fully saturated rings. The molecule has 140 valence electrons. The molecule has 2 aromatic heterocycles. The summed E-state index contributed by atoms with van der Waals surface area (Å²) in [5.41, 5.74) is 3.35. The fourth-order valence-electron chi connectivity index (χ4n) is 3.13. The standard InChI is InChI=1S/C19H17F3N4S/c1-12-16(27-17(24-12)13-5-3-2-4-6-13)11-26-8-7-15-14(10-26)9-23-18(25-15)19(20,21)22/h2-6,9H,7-8,10-11H2,1H3. The van der Waals surface area contributed by atoms with Crippen molar-refractivity contribution in [1.82, 2.24) is 19.9 Å². The molecule has 4 nitrogen and oxygen atoms in total.